The first-order valence-electron chi connectivity index (χ1n) is 6.85. The summed E-state index contributed by atoms with van der Waals surface area (Å²) >= 11 is 0. The van der Waals surface area contributed by atoms with Gasteiger partial charge in [-0.2, -0.15) is 5.11 Å². The van der Waals surface area contributed by atoms with Crippen LogP contribution in [0.15, 0.2) is 40.5 Å². The lowest BCUT2D eigenvalue weighted by Gasteiger charge is -2.15. The number of primary sulfonamides is 1. The zero-order valence-corrected chi connectivity index (χ0v) is 13.7. The molecule has 0 radical (unpaired) electrons. The lowest BCUT2D eigenvalue weighted by molar-refractivity contribution is -0.139. The predicted molar refractivity (Wildman–Crippen MR) is 85.0 cm³/mol. The molecule has 0 amide bonds. The lowest BCUT2D eigenvalue weighted by Crippen LogP contribution is -2.34. The van der Waals surface area contributed by atoms with E-state index in [0.717, 1.165) is 0 Å². The number of rotatable bonds is 8. The van der Waals surface area contributed by atoms with Gasteiger partial charge in [-0.05, 0) is 24.5 Å². The summed E-state index contributed by atoms with van der Waals surface area (Å²) in [6.07, 6.45) is 1.75. The van der Waals surface area contributed by atoms with Gasteiger partial charge >= 0.3 is 5.97 Å². The molecule has 0 aromatic heterocycles. The highest BCUT2D eigenvalue weighted by atomic mass is 32.2. The van der Waals surface area contributed by atoms with Crippen molar-refractivity contribution in [2.24, 2.45) is 16.2 Å². The third kappa shape index (κ3) is 5.80. The first-order valence-corrected chi connectivity index (χ1v) is 8.39. The number of carbonyl (C=O) groups is 1. The average Bonchev–Trinajstić information content (AvgIpc) is 2.45. The Kier molecular flexibility index (Phi) is 6.40. The number of hydrogen-bond acceptors (Lipinski definition) is 6. The van der Waals surface area contributed by atoms with Crippen molar-refractivity contribution in [1.29, 1.82) is 5.53 Å². The van der Waals surface area contributed by atoms with Crippen LogP contribution in [0.4, 0.5) is 0 Å². The summed E-state index contributed by atoms with van der Waals surface area (Å²) in [6, 6.07) is 4.70. The van der Waals surface area contributed by atoms with Crippen molar-refractivity contribution in [2.45, 2.75) is 31.2 Å². The lowest BCUT2D eigenvalue weighted by atomic mass is 10.0. The van der Waals surface area contributed by atoms with Gasteiger partial charge in [-0.15, -0.1) is 0 Å². The molecule has 0 saturated heterocycles. The molecule has 9 heteroatoms. The van der Waals surface area contributed by atoms with E-state index >= 15 is 0 Å². The van der Waals surface area contributed by atoms with Gasteiger partial charge < -0.3 is 10.4 Å². The van der Waals surface area contributed by atoms with Crippen molar-refractivity contribution in [1.82, 2.24) is 5.32 Å². The first-order chi connectivity index (χ1) is 10.6. The molecule has 1 atom stereocenters. The Labute approximate surface area is 135 Å². The van der Waals surface area contributed by atoms with E-state index in [1.54, 1.807) is 0 Å². The van der Waals surface area contributed by atoms with E-state index < -0.39 is 22.0 Å². The van der Waals surface area contributed by atoms with Crippen LogP contribution in [0.2, 0.25) is 0 Å². The maximum absolute atomic E-state index is 11.2. The third-order valence-corrected chi connectivity index (χ3v) is 3.95. The van der Waals surface area contributed by atoms with Crippen molar-refractivity contribution in [3.8, 4) is 0 Å². The molecule has 0 bridgehead atoms. The van der Waals surface area contributed by atoms with E-state index in [0.29, 0.717) is 12.0 Å². The third-order valence-electron chi connectivity index (χ3n) is 3.03. The van der Waals surface area contributed by atoms with Crippen molar-refractivity contribution in [2.75, 3.05) is 0 Å². The van der Waals surface area contributed by atoms with Gasteiger partial charge in [0.25, 0.3) is 0 Å². The maximum Gasteiger partial charge on any atom is 0.326 e. The highest BCUT2D eigenvalue weighted by molar-refractivity contribution is 7.89. The van der Waals surface area contributed by atoms with Crippen LogP contribution in [0, 0.1) is 11.4 Å². The van der Waals surface area contributed by atoms with E-state index in [-0.39, 0.29) is 16.5 Å². The number of nitrogens with two attached hydrogens (primary N) is 1. The van der Waals surface area contributed by atoms with Gasteiger partial charge in [-0.25, -0.2) is 23.9 Å². The number of hydrogen-bond donors (Lipinski definition) is 4. The fourth-order valence-electron chi connectivity index (χ4n) is 1.89. The molecule has 0 aliphatic heterocycles. The zero-order valence-electron chi connectivity index (χ0n) is 12.9. The standard InChI is InChI=1S/C14H20N4O4S/c1-9(2)7-12(14(19)20)17-8-13(18-15)10-3-5-11(6-4-10)23(16,21)22/h3-6,8-9,12,15,17H,7H2,1-2H3,(H,19,20)(H2,16,21,22)/b13-8-,18-15?/t12-/m0/s1. The molecule has 0 aliphatic rings. The second-order valence-electron chi connectivity index (χ2n) is 5.40. The largest absolute Gasteiger partial charge is 0.480 e. The highest BCUT2D eigenvalue weighted by Gasteiger charge is 2.17. The molecular weight excluding hydrogens is 320 g/mol. The van der Waals surface area contributed by atoms with Gasteiger partial charge in [-0.1, -0.05) is 26.0 Å². The molecule has 0 fully saturated rings. The topological polar surface area (TPSA) is 146 Å². The van der Waals surface area contributed by atoms with Gasteiger partial charge in [0.05, 0.1) is 4.90 Å². The summed E-state index contributed by atoms with van der Waals surface area (Å²) in [5.74, 6) is -0.814. The second kappa shape index (κ2) is 7.84. The summed E-state index contributed by atoms with van der Waals surface area (Å²) in [5.41, 5.74) is 7.84. The van der Waals surface area contributed by atoms with Crippen LogP contribution in [-0.2, 0) is 14.8 Å². The smallest absolute Gasteiger partial charge is 0.326 e. The fourth-order valence-corrected chi connectivity index (χ4v) is 2.40. The molecule has 23 heavy (non-hydrogen) atoms. The molecule has 0 aliphatic carbocycles. The van der Waals surface area contributed by atoms with Crippen LogP contribution < -0.4 is 10.5 Å². The van der Waals surface area contributed by atoms with Crippen molar-refractivity contribution in [3.05, 3.63) is 36.0 Å². The quantitative estimate of drug-likeness (QED) is 0.532. The molecule has 1 aromatic rings. The SMILES string of the molecule is CC(C)C[C@H](N/C=C(\N=N)c1ccc(S(N)(=O)=O)cc1)C(=O)O. The molecule has 8 nitrogen and oxygen atoms in total. The van der Waals surface area contributed by atoms with Crippen LogP contribution in [0.1, 0.15) is 25.8 Å². The normalized spacial score (nSPS) is 13.7. The summed E-state index contributed by atoms with van der Waals surface area (Å²) in [6.45, 7) is 3.81. The van der Waals surface area contributed by atoms with Crippen LogP contribution in [0.5, 0.6) is 0 Å². The fraction of sp³-hybridized carbons (Fsp3) is 0.357. The van der Waals surface area contributed by atoms with Gasteiger partial charge in [0, 0.05) is 11.8 Å². The number of nitrogens with zero attached hydrogens (tertiary/aromatic N) is 1. The Bertz CT molecular complexity index is 696. The molecule has 1 rings (SSSR count). The minimum atomic E-state index is -3.79. The van der Waals surface area contributed by atoms with Crippen molar-refractivity contribution < 1.29 is 18.3 Å². The van der Waals surface area contributed by atoms with E-state index in [1.807, 2.05) is 13.8 Å². The summed E-state index contributed by atoms with van der Waals surface area (Å²) in [7, 11) is -3.79. The Hall–Kier alpha value is -2.26. The van der Waals surface area contributed by atoms with Gasteiger partial charge in [0.1, 0.15) is 11.7 Å². The van der Waals surface area contributed by atoms with Gasteiger partial charge in [-0.3, -0.25) is 0 Å². The predicted octanol–water partition coefficient (Wildman–Crippen LogP) is 1.75. The van der Waals surface area contributed by atoms with Crippen LogP contribution >= 0.6 is 0 Å². The molecule has 126 valence electrons. The number of sulfonamides is 1. The van der Waals surface area contributed by atoms with Crippen LogP contribution in [-0.4, -0.2) is 25.5 Å². The van der Waals surface area contributed by atoms with E-state index in [2.05, 4.69) is 10.4 Å². The van der Waals surface area contributed by atoms with Gasteiger partial charge in [0.2, 0.25) is 10.0 Å². The van der Waals surface area contributed by atoms with Crippen LogP contribution in [0.3, 0.4) is 0 Å². The summed E-state index contributed by atoms with van der Waals surface area (Å²) in [5, 5.41) is 20.2. The zero-order chi connectivity index (χ0) is 17.6. The molecular formula is C14H20N4O4S. The van der Waals surface area contributed by atoms with E-state index in [4.69, 9.17) is 15.8 Å². The Morgan fingerprint density at radius 2 is 1.96 bits per heavy atom. The minimum absolute atomic E-state index is 0.0539. The summed E-state index contributed by atoms with van der Waals surface area (Å²) < 4.78 is 22.4. The van der Waals surface area contributed by atoms with Crippen molar-refractivity contribution in [3.63, 3.8) is 0 Å². The van der Waals surface area contributed by atoms with Gasteiger partial charge in [0.15, 0.2) is 0 Å². The van der Waals surface area contributed by atoms with Crippen LogP contribution in [0.25, 0.3) is 5.70 Å². The van der Waals surface area contributed by atoms with Crippen molar-refractivity contribution >= 4 is 21.7 Å². The number of aliphatic carboxylic acids is 1. The minimum Gasteiger partial charge on any atom is -0.480 e. The Morgan fingerprint density at radius 1 is 1.39 bits per heavy atom. The molecule has 1 aromatic carbocycles. The molecule has 0 spiro atoms. The first kappa shape index (κ1) is 18.8. The average molecular weight is 340 g/mol. The highest BCUT2D eigenvalue weighted by Crippen LogP contribution is 2.18. The molecule has 0 heterocycles. The maximum atomic E-state index is 11.2. The monoisotopic (exact) mass is 340 g/mol. The van der Waals surface area contributed by atoms with E-state index in [1.165, 1.54) is 30.5 Å². The number of benzene rings is 1. The Balaban J connectivity index is 2.98. The number of carboxylic acid groups (broad SMARTS) is 1. The Morgan fingerprint density at radius 3 is 2.35 bits per heavy atom. The molecule has 0 saturated carbocycles. The summed E-state index contributed by atoms with van der Waals surface area (Å²) in [4.78, 5) is 11.1. The molecule has 0 unspecified atom stereocenters. The number of nitrogens with one attached hydrogen (secondary N) is 2. The second-order valence-corrected chi connectivity index (χ2v) is 6.96. The number of carboxylic acids is 1. The molecule has 5 N–H and O–H groups in total. The van der Waals surface area contributed by atoms with E-state index in [9.17, 15) is 13.2 Å².